The molecule has 198 valence electrons. The fourth-order valence-electron chi connectivity index (χ4n) is 4.50. The molecule has 40 heavy (non-hydrogen) atoms. The molecule has 4 aromatic rings. The van der Waals surface area contributed by atoms with Gasteiger partial charge in [0.2, 0.25) is 5.17 Å². The van der Waals surface area contributed by atoms with Crippen molar-refractivity contribution in [3.8, 4) is 11.5 Å². The maximum atomic E-state index is 12.9. The molecule has 0 aromatic heterocycles. The van der Waals surface area contributed by atoms with Crippen molar-refractivity contribution in [2.24, 2.45) is 10.1 Å². The van der Waals surface area contributed by atoms with Gasteiger partial charge < -0.3 is 9.47 Å². The Labute approximate surface area is 240 Å². The van der Waals surface area contributed by atoms with Gasteiger partial charge in [0, 0.05) is 5.56 Å². The zero-order valence-corrected chi connectivity index (χ0v) is 23.2. The number of nitrogens with one attached hydrogen (secondary N) is 1. The number of aryl methyl sites for hydroxylation is 1. The van der Waals surface area contributed by atoms with Gasteiger partial charge in [0.25, 0.3) is 5.91 Å². The second-order valence-electron chi connectivity index (χ2n) is 9.25. The van der Waals surface area contributed by atoms with Crippen LogP contribution < -0.4 is 9.47 Å². The summed E-state index contributed by atoms with van der Waals surface area (Å²) in [4.78, 5) is 17.1. The second-order valence-corrected chi connectivity index (χ2v) is 10.6. The predicted molar refractivity (Wildman–Crippen MR) is 162 cm³/mol. The van der Waals surface area contributed by atoms with E-state index in [2.05, 4.69) is 28.3 Å². The maximum Gasteiger partial charge on any atom is 0.283 e. The highest BCUT2D eigenvalue weighted by atomic mass is 35.5. The summed E-state index contributed by atoms with van der Waals surface area (Å²) in [5.74, 6) is 0.231. The lowest BCUT2D eigenvalue weighted by Gasteiger charge is -2.20. The highest BCUT2D eigenvalue weighted by molar-refractivity contribution is 8.27. The third-order valence-corrected chi connectivity index (χ3v) is 7.81. The smallest absolute Gasteiger partial charge is 0.283 e. The van der Waals surface area contributed by atoms with Crippen LogP contribution >= 0.6 is 23.4 Å². The number of hydrogen-bond acceptors (Lipinski definition) is 6. The first-order chi connectivity index (χ1) is 19.4. The summed E-state index contributed by atoms with van der Waals surface area (Å²) in [5.41, 5.74) is 3.72. The summed E-state index contributed by atoms with van der Waals surface area (Å²) < 4.78 is 11.7. The molecule has 2 aliphatic heterocycles. The average molecular weight is 567 g/mol. The number of nitrogens with zero attached hydrogens (tertiary/aromatic N) is 3. The fourth-order valence-corrected chi connectivity index (χ4v) is 5.67. The summed E-state index contributed by atoms with van der Waals surface area (Å²) in [6, 6.07) is 25.5. The fraction of sp³-hybridized carbons (Fsp3) is 0.0968. The van der Waals surface area contributed by atoms with Crippen LogP contribution in [0.15, 0.2) is 94.5 Å². The number of aliphatic imine (C=N–C) groups is 1. The van der Waals surface area contributed by atoms with Gasteiger partial charge in [-0.25, -0.2) is 0 Å². The number of rotatable bonds is 6. The molecule has 0 unspecified atom stereocenters. The Kier molecular flexibility index (Phi) is 6.88. The van der Waals surface area contributed by atoms with E-state index >= 15 is 0 Å². The van der Waals surface area contributed by atoms with Crippen molar-refractivity contribution in [1.82, 2.24) is 5.01 Å². The zero-order valence-electron chi connectivity index (χ0n) is 21.6. The highest BCUT2D eigenvalue weighted by Gasteiger charge is 2.36. The van der Waals surface area contributed by atoms with Crippen LogP contribution in [0.1, 0.15) is 22.3 Å². The number of carbonyl (C=O) groups is 1. The van der Waals surface area contributed by atoms with E-state index < -0.39 is 5.91 Å². The molecule has 0 spiro atoms. The molecular weight excluding hydrogens is 544 g/mol. The first kappa shape index (κ1) is 25.9. The lowest BCUT2D eigenvalue weighted by atomic mass is 10.1. The van der Waals surface area contributed by atoms with Crippen LogP contribution in [0.4, 0.5) is 0 Å². The van der Waals surface area contributed by atoms with Crippen LogP contribution in [0.25, 0.3) is 16.8 Å². The summed E-state index contributed by atoms with van der Waals surface area (Å²) in [7, 11) is 1.53. The number of hydrazone groups is 1. The SMILES string of the molecule is COc1cc(C=C2C(=N)N3N=C(c4ccc(C)cc4)SC3=NC2=O)cc(Cl)c1OCc1cccc2ccccc12. The first-order valence-electron chi connectivity index (χ1n) is 12.5. The molecule has 0 bridgehead atoms. The number of benzene rings is 4. The van der Waals surface area contributed by atoms with E-state index in [0.29, 0.717) is 38.9 Å². The number of amidine groups is 2. The lowest BCUT2D eigenvalue weighted by molar-refractivity contribution is -0.114. The third kappa shape index (κ3) is 4.87. The predicted octanol–water partition coefficient (Wildman–Crippen LogP) is 7.06. The van der Waals surface area contributed by atoms with E-state index in [-0.39, 0.29) is 11.4 Å². The Morgan fingerprint density at radius 1 is 1.05 bits per heavy atom. The van der Waals surface area contributed by atoms with Gasteiger partial charge in [-0.1, -0.05) is 83.9 Å². The molecule has 0 atom stereocenters. The number of halogens is 1. The molecule has 4 aromatic carbocycles. The molecule has 2 aliphatic rings. The minimum absolute atomic E-state index is 0.0593. The van der Waals surface area contributed by atoms with Crippen molar-refractivity contribution in [3.63, 3.8) is 0 Å². The van der Waals surface area contributed by atoms with Crippen LogP contribution in [0.5, 0.6) is 11.5 Å². The van der Waals surface area contributed by atoms with Crippen molar-refractivity contribution in [1.29, 1.82) is 5.41 Å². The van der Waals surface area contributed by atoms with E-state index in [1.54, 1.807) is 18.2 Å². The van der Waals surface area contributed by atoms with Gasteiger partial charge in [-0.05, 0) is 58.8 Å². The number of thioether (sulfide) groups is 1. The van der Waals surface area contributed by atoms with Crippen molar-refractivity contribution in [2.75, 3.05) is 7.11 Å². The van der Waals surface area contributed by atoms with E-state index in [0.717, 1.165) is 27.5 Å². The van der Waals surface area contributed by atoms with E-state index in [1.165, 1.54) is 23.9 Å². The number of ether oxygens (including phenoxy) is 2. The number of carbonyl (C=O) groups excluding carboxylic acids is 1. The van der Waals surface area contributed by atoms with Gasteiger partial charge in [0.05, 0.1) is 17.7 Å². The van der Waals surface area contributed by atoms with E-state index in [4.69, 9.17) is 26.5 Å². The standard InChI is InChI=1S/C31H23ClN4O3S/c1-18-10-12-21(13-11-18)30-35-36-28(33)24(29(37)34-31(36)40-30)14-19-15-25(32)27(26(16-19)38-2)39-17-22-8-5-7-20-6-3-4-9-23(20)22/h3-16,33H,17H2,1-2H3. The molecule has 1 amide bonds. The highest BCUT2D eigenvalue weighted by Crippen LogP contribution is 2.38. The summed E-state index contributed by atoms with van der Waals surface area (Å²) >= 11 is 7.90. The molecule has 1 N–H and O–H groups in total. The van der Waals surface area contributed by atoms with Crippen LogP contribution in [0.2, 0.25) is 5.02 Å². The van der Waals surface area contributed by atoms with Gasteiger partial charge in [-0.2, -0.15) is 15.1 Å². The summed E-state index contributed by atoms with van der Waals surface area (Å²) in [5, 5.41) is 18.2. The van der Waals surface area contributed by atoms with Crippen LogP contribution in [0, 0.1) is 12.3 Å². The van der Waals surface area contributed by atoms with Crippen molar-refractivity contribution in [3.05, 3.63) is 112 Å². The Hall–Kier alpha value is -4.40. The Bertz CT molecular complexity index is 1770. The van der Waals surface area contributed by atoms with E-state index in [1.807, 2.05) is 55.5 Å². The summed E-state index contributed by atoms with van der Waals surface area (Å²) in [6.45, 7) is 2.31. The summed E-state index contributed by atoms with van der Waals surface area (Å²) in [6.07, 6.45) is 1.57. The molecular formula is C31H23ClN4O3S. The van der Waals surface area contributed by atoms with Gasteiger partial charge in [-0.3, -0.25) is 10.2 Å². The van der Waals surface area contributed by atoms with Crippen LogP contribution in [-0.2, 0) is 11.4 Å². The van der Waals surface area contributed by atoms with Gasteiger partial charge in [-0.15, -0.1) is 0 Å². The zero-order chi connectivity index (χ0) is 27.8. The minimum Gasteiger partial charge on any atom is -0.493 e. The molecule has 0 radical (unpaired) electrons. The second kappa shape index (κ2) is 10.6. The molecule has 0 saturated heterocycles. The molecule has 0 fully saturated rings. The van der Waals surface area contributed by atoms with Crippen LogP contribution in [0.3, 0.4) is 0 Å². The minimum atomic E-state index is -0.518. The average Bonchev–Trinajstić information content (AvgIpc) is 3.39. The van der Waals surface area contributed by atoms with Gasteiger partial charge in [0.15, 0.2) is 17.3 Å². The van der Waals surface area contributed by atoms with Crippen molar-refractivity contribution < 1.29 is 14.3 Å². The van der Waals surface area contributed by atoms with Crippen molar-refractivity contribution in [2.45, 2.75) is 13.5 Å². The van der Waals surface area contributed by atoms with Gasteiger partial charge >= 0.3 is 0 Å². The Morgan fingerprint density at radius 3 is 2.62 bits per heavy atom. The molecule has 6 rings (SSSR count). The topological polar surface area (TPSA) is 87.3 Å². The van der Waals surface area contributed by atoms with Crippen LogP contribution in [-0.4, -0.2) is 34.1 Å². The quantitative estimate of drug-likeness (QED) is 0.252. The third-order valence-electron chi connectivity index (χ3n) is 6.57. The maximum absolute atomic E-state index is 12.9. The Morgan fingerprint density at radius 2 is 1.82 bits per heavy atom. The lowest BCUT2D eigenvalue weighted by Crippen LogP contribution is -2.35. The molecule has 0 aliphatic carbocycles. The molecule has 7 nitrogen and oxygen atoms in total. The Balaban J connectivity index is 1.27. The largest absolute Gasteiger partial charge is 0.493 e. The number of fused-ring (bicyclic) bond motifs is 2. The first-order valence-corrected chi connectivity index (χ1v) is 13.6. The molecule has 0 saturated carbocycles. The number of amides is 1. The molecule has 2 heterocycles. The monoisotopic (exact) mass is 566 g/mol. The normalized spacial score (nSPS) is 15.8. The van der Waals surface area contributed by atoms with Gasteiger partial charge in [0.1, 0.15) is 11.7 Å². The van der Waals surface area contributed by atoms with Crippen molar-refractivity contribution >= 4 is 62.2 Å². The number of methoxy groups -OCH3 is 1. The van der Waals surface area contributed by atoms with E-state index in [9.17, 15) is 4.79 Å². The number of hydrogen-bond donors (Lipinski definition) is 1. The molecule has 9 heteroatoms.